The Hall–Kier alpha value is -3.31. The van der Waals surface area contributed by atoms with E-state index >= 15 is 0 Å². The predicted octanol–water partition coefficient (Wildman–Crippen LogP) is 4.59. The van der Waals surface area contributed by atoms with Crippen LogP contribution in [0.25, 0.3) is 0 Å². The SMILES string of the molecule is COC(=O)c1ccc(C2CN(Cc3ccc([C@H]4COc5ccccc5O4)cc3)C2)cc1. The second-order valence-electron chi connectivity index (χ2n) is 8.11. The van der Waals surface area contributed by atoms with Crippen molar-refractivity contribution in [2.75, 3.05) is 26.8 Å². The number of fused-ring (bicyclic) bond motifs is 1. The van der Waals surface area contributed by atoms with Gasteiger partial charge < -0.3 is 14.2 Å². The molecule has 2 aliphatic heterocycles. The van der Waals surface area contributed by atoms with Gasteiger partial charge in [0, 0.05) is 25.6 Å². The van der Waals surface area contributed by atoms with E-state index in [1.807, 2.05) is 48.5 Å². The van der Waals surface area contributed by atoms with E-state index in [1.165, 1.54) is 18.2 Å². The molecule has 0 bridgehead atoms. The number of hydrogen-bond donors (Lipinski definition) is 0. The number of carbonyl (C=O) groups excluding carboxylic acids is 1. The topological polar surface area (TPSA) is 48.0 Å². The maximum atomic E-state index is 11.6. The predicted molar refractivity (Wildman–Crippen MR) is 118 cm³/mol. The molecule has 0 aliphatic carbocycles. The third-order valence-electron chi connectivity index (χ3n) is 6.03. The molecule has 5 heteroatoms. The first-order chi connectivity index (χ1) is 15.2. The fraction of sp³-hybridized carbons (Fsp3) is 0.269. The minimum absolute atomic E-state index is 0.0784. The summed E-state index contributed by atoms with van der Waals surface area (Å²) < 4.78 is 16.7. The lowest BCUT2D eigenvalue weighted by molar-refractivity contribution is 0.0600. The minimum Gasteiger partial charge on any atom is -0.485 e. The van der Waals surface area contributed by atoms with Crippen LogP contribution in [0.1, 0.15) is 39.1 Å². The molecule has 2 aliphatic rings. The summed E-state index contributed by atoms with van der Waals surface area (Å²) in [6.07, 6.45) is -0.0784. The van der Waals surface area contributed by atoms with Crippen LogP contribution in [0, 0.1) is 0 Å². The fourth-order valence-corrected chi connectivity index (χ4v) is 4.20. The van der Waals surface area contributed by atoms with E-state index in [2.05, 4.69) is 29.2 Å². The van der Waals surface area contributed by atoms with Gasteiger partial charge in [-0.05, 0) is 41.0 Å². The quantitative estimate of drug-likeness (QED) is 0.571. The molecular formula is C26H25NO4. The molecular weight excluding hydrogens is 390 g/mol. The van der Waals surface area contributed by atoms with Gasteiger partial charge in [-0.15, -0.1) is 0 Å². The number of likely N-dealkylation sites (tertiary alicyclic amines) is 1. The number of carbonyl (C=O) groups is 1. The third kappa shape index (κ3) is 4.14. The van der Waals surface area contributed by atoms with Gasteiger partial charge in [-0.2, -0.15) is 0 Å². The van der Waals surface area contributed by atoms with Gasteiger partial charge >= 0.3 is 5.97 Å². The van der Waals surface area contributed by atoms with E-state index in [0.29, 0.717) is 18.1 Å². The van der Waals surface area contributed by atoms with Crippen molar-refractivity contribution in [3.8, 4) is 11.5 Å². The highest BCUT2D eigenvalue weighted by atomic mass is 16.6. The molecule has 3 aromatic carbocycles. The van der Waals surface area contributed by atoms with Crippen LogP contribution < -0.4 is 9.47 Å². The number of benzene rings is 3. The van der Waals surface area contributed by atoms with E-state index < -0.39 is 0 Å². The van der Waals surface area contributed by atoms with Crippen molar-refractivity contribution in [3.05, 3.63) is 95.1 Å². The summed E-state index contributed by atoms with van der Waals surface area (Å²) in [6, 6.07) is 24.2. The average molecular weight is 415 g/mol. The molecule has 2 heterocycles. The molecule has 1 atom stereocenters. The summed E-state index contributed by atoms with van der Waals surface area (Å²) in [5.74, 6) is 1.83. The van der Waals surface area contributed by atoms with Crippen molar-refractivity contribution in [2.24, 2.45) is 0 Å². The van der Waals surface area contributed by atoms with Crippen molar-refractivity contribution in [2.45, 2.75) is 18.6 Å². The molecule has 0 N–H and O–H groups in total. The van der Waals surface area contributed by atoms with Gasteiger partial charge in [0.15, 0.2) is 17.6 Å². The van der Waals surface area contributed by atoms with Gasteiger partial charge in [0.25, 0.3) is 0 Å². The summed E-state index contributed by atoms with van der Waals surface area (Å²) in [4.78, 5) is 14.0. The molecule has 0 radical (unpaired) electrons. The Morgan fingerprint density at radius 3 is 2.32 bits per heavy atom. The number of para-hydroxylation sites is 2. The van der Waals surface area contributed by atoms with Crippen molar-refractivity contribution < 1.29 is 19.0 Å². The van der Waals surface area contributed by atoms with E-state index in [9.17, 15) is 4.79 Å². The third-order valence-corrected chi connectivity index (χ3v) is 6.03. The highest BCUT2D eigenvalue weighted by Gasteiger charge is 2.28. The molecule has 0 spiro atoms. The number of ether oxygens (including phenoxy) is 3. The normalized spacial score (nSPS) is 18.3. The molecule has 0 aromatic heterocycles. The zero-order valence-corrected chi connectivity index (χ0v) is 17.5. The highest BCUT2D eigenvalue weighted by Crippen LogP contribution is 2.36. The lowest BCUT2D eigenvalue weighted by Crippen LogP contribution is -2.44. The zero-order valence-electron chi connectivity index (χ0n) is 17.5. The maximum absolute atomic E-state index is 11.6. The van der Waals surface area contributed by atoms with E-state index in [4.69, 9.17) is 14.2 Å². The standard InChI is InChI=1S/C26H25NO4/c1-29-26(28)21-12-10-19(11-13-21)22-15-27(16-22)14-18-6-8-20(9-7-18)25-17-30-23-4-2-3-5-24(23)31-25/h2-13,22,25H,14-17H2,1H3/t25-/m1/s1. The van der Waals surface area contributed by atoms with Crippen molar-refractivity contribution >= 4 is 5.97 Å². The molecule has 5 nitrogen and oxygen atoms in total. The second-order valence-corrected chi connectivity index (χ2v) is 8.11. The van der Waals surface area contributed by atoms with Gasteiger partial charge in [0.2, 0.25) is 0 Å². The van der Waals surface area contributed by atoms with Crippen LogP contribution in [0.5, 0.6) is 11.5 Å². The smallest absolute Gasteiger partial charge is 0.337 e. The number of methoxy groups -OCH3 is 1. The molecule has 1 saturated heterocycles. The van der Waals surface area contributed by atoms with Gasteiger partial charge in [-0.25, -0.2) is 4.79 Å². The minimum atomic E-state index is -0.292. The molecule has 0 saturated carbocycles. The van der Waals surface area contributed by atoms with Crippen LogP contribution in [0.4, 0.5) is 0 Å². The molecule has 0 unspecified atom stereocenters. The summed E-state index contributed by atoms with van der Waals surface area (Å²) in [5, 5.41) is 0. The second kappa shape index (κ2) is 8.44. The van der Waals surface area contributed by atoms with Crippen LogP contribution in [0.15, 0.2) is 72.8 Å². The highest BCUT2D eigenvalue weighted by molar-refractivity contribution is 5.89. The van der Waals surface area contributed by atoms with Gasteiger partial charge in [0.05, 0.1) is 12.7 Å². The lowest BCUT2D eigenvalue weighted by Gasteiger charge is -2.39. The van der Waals surface area contributed by atoms with Crippen LogP contribution in [-0.2, 0) is 11.3 Å². The number of rotatable bonds is 5. The van der Waals surface area contributed by atoms with Gasteiger partial charge in [-0.1, -0.05) is 48.5 Å². The van der Waals surface area contributed by atoms with Crippen molar-refractivity contribution in [1.82, 2.24) is 4.90 Å². The molecule has 3 aromatic rings. The zero-order chi connectivity index (χ0) is 21.2. The average Bonchev–Trinajstić information content (AvgIpc) is 2.81. The Balaban J connectivity index is 1.14. The van der Waals surface area contributed by atoms with Crippen LogP contribution >= 0.6 is 0 Å². The van der Waals surface area contributed by atoms with Crippen LogP contribution in [0.3, 0.4) is 0 Å². The number of nitrogens with zero attached hydrogens (tertiary/aromatic N) is 1. The van der Waals surface area contributed by atoms with Crippen molar-refractivity contribution in [1.29, 1.82) is 0 Å². The Morgan fingerprint density at radius 2 is 1.61 bits per heavy atom. The Labute approximate surface area is 182 Å². The summed E-state index contributed by atoms with van der Waals surface area (Å²) in [5.41, 5.74) is 4.29. The molecule has 31 heavy (non-hydrogen) atoms. The fourth-order valence-electron chi connectivity index (χ4n) is 4.20. The van der Waals surface area contributed by atoms with E-state index in [-0.39, 0.29) is 12.1 Å². The molecule has 158 valence electrons. The van der Waals surface area contributed by atoms with Crippen LogP contribution in [0.2, 0.25) is 0 Å². The van der Waals surface area contributed by atoms with E-state index in [0.717, 1.165) is 36.7 Å². The van der Waals surface area contributed by atoms with Crippen molar-refractivity contribution in [3.63, 3.8) is 0 Å². The Morgan fingerprint density at radius 1 is 0.935 bits per heavy atom. The Bertz CT molecular complexity index is 1060. The first-order valence-electron chi connectivity index (χ1n) is 10.6. The first-order valence-corrected chi connectivity index (χ1v) is 10.6. The largest absolute Gasteiger partial charge is 0.485 e. The maximum Gasteiger partial charge on any atom is 0.337 e. The summed E-state index contributed by atoms with van der Waals surface area (Å²) in [6.45, 7) is 3.51. The van der Waals surface area contributed by atoms with Gasteiger partial charge in [0.1, 0.15) is 6.61 Å². The summed E-state index contributed by atoms with van der Waals surface area (Å²) >= 11 is 0. The van der Waals surface area contributed by atoms with Crippen LogP contribution in [-0.4, -0.2) is 37.7 Å². The molecule has 0 amide bonds. The lowest BCUT2D eigenvalue weighted by atomic mass is 9.90. The number of hydrogen-bond acceptors (Lipinski definition) is 5. The summed E-state index contributed by atoms with van der Waals surface area (Å²) in [7, 11) is 1.40. The monoisotopic (exact) mass is 415 g/mol. The molecule has 5 rings (SSSR count). The first kappa shape index (κ1) is 19.6. The van der Waals surface area contributed by atoms with E-state index in [1.54, 1.807) is 0 Å². The number of esters is 1. The van der Waals surface area contributed by atoms with Gasteiger partial charge in [-0.3, -0.25) is 4.90 Å². The molecule has 1 fully saturated rings. The Kier molecular flexibility index (Phi) is 5.35.